The minimum Gasteiger partial charge on any atom is -0.497 e. The van der Waals surface area contributed by atoms with Crippen LogP contribution in [-0.2, 0) is 4.74 Å². The number of ether oxygens (including phenoxy) is 2. The molecular weight excluding hydrogens is 318 g/mol. The molecule has 130 valence electrons. The highest BCUT2D eigenvalue weighted by Gasteiger charge is 2.30. The van der Waals surface area contributed by atoms with Gasteiger partial charge in [0.05, 0.1) is 25.5 Å². The molecule has 5 nitrogen and oxygen atoms in total. The lowest BCUT2D eigenvalue weighted by atomic mass is 9.86. The summed E-state index contributed by atoms with van der Waals surface area (Å²) < 4.78 is 10.3. The van der Waals surface area contributed by atoms with Crippen molar-refractivity contribution in [2.75, 3.05) is 18.6 Å². The van der Waals surface area contributed by atoms with E-state index >= 15 is 0 Å². The van der Waals surface area contributed by atoms with E-state index in [4.69, 9.17) is 9.47 Å². The fourth-order valence-corrected chi connectivity index (χ4v) is 2.99. The Morgan fingerprint density at radius 2 is 1.92 bits per heavy atom. The highest BCUT2D eigenvalue weighted by Crippen LogP contribution is 2.41. The molecule has 0 aliphatic carbocycles. The Morgan fingerprint density at radius 3 is 2.60 bits per heavy atom. The summed E-state index contributed by atoms with van der Waals surface area (Å²) in [5.41, 5.74) is 2.39. The molecular formula is C20H21NO4. The molecule has 1 N–H and O–H groups in total. The number of aliphatic hydroxyl groups is 1. The lowest BCUT2D eigenvalue weighted by molar-refractivity contribution is 0.156. The van der Waals surface area contributed by atoms with Crippen LogP contribution < -0.4 is 9.64 Å². The number of rotatable bonds is 4. The van der Waals surface area contributed by atoms with E-state index in [1.54, 1.807) is 20.2 Å². The van der Waals surface area contributed by atoms with Crippen LogP contribution in [0.25, 0.3) is 0 Å². The zero-order valence-corrected chi connectivity index (χ0v) is 14.3. The first-order valence-corrected chi connectivity index (χ1v) is 8.21. The Labute approximate surface area is 147 Å². The van der Waals surface area contributed by atoms with Gasteiger partial charge in [-0.2, -0.15) is 0 Å². The number of nitrogens with zero attached hydrogens (tertiary/aromatic N) is 1. The van der Waals surface area contributed by atoms with Gasteiger partial charge in [-0.15, -0.1) is 0 Å². The minimum absolute atomic E-state index is 0.254. The molecule has 2 unspecified atom stereocenters. The van der Waals surface area contributed by atoms with Crippen LogP contribution in [0.15, 0.2) is 60.8 Å². The average molecular weight is 339 g/mol. The largest absolute Gasteiger partial charge is 0.497 e. The van der Waals surface area contributed by atoms with Crippen molar-refractivity contribution < 1.29 is 19.4 Å². The van der Waals surface area contributed by atoms with Gasteiger partial charge in [0.2, 0.25) is 0 Å². The maximum absolute atomic E-state index is 12.2. The number of carbonyl (C=O) groups is 1. The molecule has 1 aliphatic rings. The zero-order valence-electron chi connectivity index (χ0n) is 14.3. The van der Waals surface area contributed by atoms with Gasteiger partial charge in [-0.1, -0.05) is 36.4 Å². The Balaban J connectivity index is 1.92. The molecule has 3 rings (SSSR count). The van der Waals surface area contributed by atoms with E-state index in [1.165, 1.54) is 4.90 Å². The smallest absolute Gasteiger partial charge is 0.418 e. The molecule has 0 aromatic heterocycles. The number of hydrogen-bond acceptors (Lipinski definition) is 4. The summed E-state index contributed by atoms with van der Waals surface area (Å²) in [6.07, 6.45) is 2.34. The molecule has 1 heterocycles. The zero-order chi connectivity index (χ0) is 17.8. The van der Waals surface area contributed by atoms with Crippen molar-refractivity contribution >= 4 is 11.8 Å². The van der Waals surface area contributed by atoms with Crippen molar-refractivity contribution in [2.24, 2.45) is 0 Å². The lowest BCUT2D eigenvalue weighted by Crippen LogP contribution is -2.30. The first kappa shape index (κ1) is 17.0. The van der Waals surface area contributed by atoms with E-state index < -0.39 is 12.2 Å². The quantitative estimate of drug-likeness (QED) is 0.914. The van der Waals surface area contributed by atoms with E-state index in [2.05, 4.69) is 0 Å². The predicted molar refractivity (Wildman–Crippen MR) is 95.8 cm³/mol. The monoisotopic (exact) mass is 339 g/mol. The summed E-state index contributed by atoms with van der Waals surface area (Å²) >= 11 is 0. The Bertz CT molecular complexity index is 770. The molecule has 0 saturated carbocycles. The number of carbonyl (C=O) groups excluding carboxylic acids is 1. The molecule has 1 amide bonds. The topological polar surface area (TPSA) is 59.0 Å². The number of aliphatic hydroxyl groups excluding tert-OH is 1. The third kappa shape index (κ3) is 3.37. The molecule has 0 radical (unpaired) electrons. The minimum atomic E-state index is -0.729. The molecule has 0 saturated heterocycles. The molecule has 0 spiro atoms. The van der Waals surface area contributed by atoms with Gasteiger partial charge in [0, 0.05) is 12.1 Å². The maximum atomic E-state index is 12.2. The van der Waals surface area contributed by atoms with Gasteiger partial charge < -0.3 is 14.6 Å². The number of amides is 1. The van der Waals surface area contributed by atoms with Gasteiger partial charge >= 0.3 is 6.09 Å². The van der Waals surface area contributed by atoms with Crippen molar-refractivity contribution in [2.45, 2.75) is 18.9 Å². The molecule has 1 aliphatic heterocycles. The highest BCUT2D eigenvalue weighted by atomic mass is 16.6. The van der Waals surface area contributed by atoms with Crippen LogP contribution in [-0.4, -0.2) is 24.9 Å². The van der Waals surface area contributed by atoms with Crippen LogP contribution in [0.3, 0.4) is 0 Å². The normalized spacial score (nSPS) is 16.9. The number of benzene rings is 2. The van der Waals surface area contributed by atoms with Crippen molar-refractivity contribution in [1.29, 1.82) is 0 Å². The van der Waals surface area contributed by atoms with Gasteiger partial charge in [-0.3, -0.25) is 4.90 Å². The van der Waals surface area contributed by atoms with Crippen LogP contribution in [0.5, 0.6) is 5.75 Å². The summed E-state index contributed by atoms with van der Waals surface area (Å²) in [6, 6.07) is 14.9. The van der Waals surface area contributed by atoms with Crippen molar-refractivity contribution in [3.8, 4) is 5.75 Å². The second kappa shape index (κ2) is 7.40. The van der Waals surface area contributed by atoms with Gasteiger partial charge in [0.15, 0.2) is 0 Å². The van der Waals surface area contributed by atoms with Gasteiger partial charge in [0.1, 0.15) is 5.75 Å². The van der Waals surface area contributed by atoms with Crippen LogP contribution >= 0.6 is 0 Å². The van der Waals surface area contributed by atoms with Crippen LogP contribution in [0, 0.1) is 0 Å². The molecule has 2 atom stereocenters. The van der Waals surface area contributed by atoms with Crippen molar-refractivity contribution in [3.63, 3.8) is 0 Å². The third-order valence-corrected chi connectivity index (χ3v) is 4.26. The fourth-order valence-electron chi connectivity index (χ4n) is 2.99. The average Bonchev–Trinajstić information content (AvgIpc) is 2.67. The van der Waals surface area contributed by atoms with E-state index in [9.17, 15) is 9.90 Å². The molecule has 2 aromatic rings. The summed E-state index contributed by atoms with van der Waals surface area (Å²) in [5.74, 6) is 0.485. The number of anilines is 1. The summed E-state index contributed by atoms with van der Waals surface area (Å²) in [6.45, 7) is 2.08. The van der Waals surface area contributed by atoms with Gasteiger partial charge in [-0.25, -0.2) is 4.79 Å². The number of fused-ring (bicyclic) bond motifs is 1. The summed E-state index contributed by atoms with van der Waals surface area (Å²) in [4.78, 5) is 13.6. The van der Waals surface area contributed by atoms with Crippen molar-refractivity contribution in [1.82, 2.24) is 0 Å². The Kier molecular flexibility index (Phi) is 5.05. The van der Waals surface area contributed by atoms with E-state index in [0.717, 1.165) is 22.6 Å². The number of para-hydroxylation sites is 1. The highest BCUT2D eigenvalue weighted by molar-refractivity contribution is 5.91. The molecule has 25 heavy (non-hydrogen) atoms. The first-order chi connectivity index (χ1) is 12.2. The van der Waals surface area contributed by atoms with Crippen molar-refractivity contribution in [3.05, 3.63) is 71.9 Å². The number of hydrogen-bond donors (Lipinski definition) is 1. The SMILES string of the molecule is CCOC(=O)N1C=CC(C(O)c2ccc(OC)cc2)c2ccccc21. The van der Waals surface area contributed by atoms with Crippen LogP contribution in [0.2, 0.25) is 0 Å². The fraction of sp³-hybridized carbons (Fsp3) is 0.250. The second-order valence-corrected chi connectivity index (χ2v) is 5.71. The summed E-state index contributed by atoms with van der Waals surface area (Å²) in [7, 11) is 1.61. The Hall–Kier alpha value is -2.79. The van der Waals surface area contributed by atoms with E-state index in [-0.39, 0.29) is 5.92 Å². The predicted octanol–water partition coefficient (Wildman–Crippen LogP) is 4.00. The van der Waals surface area contributed by atoms with Crippen LogP contribution in [0.4, 0.5) is 10.5 Å². The van der Waals surface area contributed by atoms with Gasteiger partial charge in [-0.05, 0) is 36.2 Å². The standard InChI is InChI=1S/C20H21NO4/c1-3-25-20(23)21-13-12-17(16-6-4-5-7-18(16)21)19(22)14-8-10-15(24-2)11-9-14/h4-13,17,19,22H,3H2,1-2H3. The molecule has 5 heteroatoms. The number of methoxy groups -OCH3 is 1. The van der Waals surface area contributed by atoms with Crippen LogP contribution in [0.1, 0.15) is 30.1 Å². The lowest BCUT2D eigenvalue weighted by Gasteiger charge is -2.31. The summed E-state index contributed by atoms with van der Waals surface area (Å²) in [5, 5.41) is 10.9. The molecule has 2 aromatic carbocycles. The molecule has 0 bridgehead atoms. The van der Waals surface area contributed by atoms with E-state index in [1.807, 2.05) is 54.6 Å². The Morgan fingerprint density at radius 1 is 1.20 bits per heavy atom. The maximum Gasteiger partial charge on any atom is 0.418 e. The third-order valence-electron chi connectivity index (χ3n) is 4.26. The molecule has 0 fully saturated rings. The first-order valence-electron chi connectivity index (χ1n) is 8.21. The van der Waals surface area contributed by atoms with Gasteiger partial charge in [0.25, 0.3) is 0 Å². The second-order valence-electron chi connectivity index (χ2n) is 5.71. The van der Waals surface area contributed by atoms with E-state index in [0.29, 0.717) is 6.61 Å².